The maximum Gasteiger partial charge on any atom is 0.434 e. The van der Waals surface area contributed by atoms with Crippen LogP contribution in [0, 0.1) is 0 Å². The van der Waals surface area contributed by atoms with Crippen molar-refractivity contribution in [1.29, 1.82) is 0 Å². The smallest absolute Gasteiger partial charge is 0.434 e. The first kappa shape index (κ1) is 26.5. The molecule has 0 atom stereocenters. The van der Waals surface area contributed by atoms with Gasteiger partial charge in [0.25, 0.3) is 5.91 Å². The Kier molecular flexibility index (Phi) is 8.13. The molecule has 1 N–H and O–H groups in total. The first-order valence-electron chi connectivity index (χ1n) is 11.0. The molecule has 36 heavy (non-hydrogen) atoms. The van der Waals surface area contributed by atoms with Gasteiger partial charge in [-0.05, 0) is 44.0 Å². The van der Waals surface area contributed by atoms with Gasteiger partial charge in [0.2, 0.25) is 5.95 Å². The number of ether oxygens (including phenoxy) is 2. The average Bonchev–Trinajstić information content (AvgIpc) is 3.20. The van der Waals surface area contributed by atoms with Gasteiger partial charge in [0.15, 0.2) is 5.69 Å². The van der Waals surface area contributed by atoms with Crippen LogP contribution in [0.1, 0.15) is 52.7 Å². The van der Waals surface area contributed by atoms with E-state index in [9.17, 15) is 27.6 Å². The molecule has 1 aromatic heterocycles. The lowest BCUT2D eigenvalue weighted by Gasteiger charge is -2.12. The van der Waals surface area contributed by atoms with E-state index in [0.29, 0.717) is 6.42 Å². The van der Waals surface area contributed by atoms with E-state index in [1.807, 2.05) is 30.3 Å². The summed E-state index contributed by atoms with van der Waals surface area (Å²) in [7, 11) is 0. The number of amides is 1. The van der Waals surface area contributed by atoms with Gasteiger partial charge in [-0.1, -0.05) is 30.3 Å². The second kappa shape index (κ2) is 11.1. The van der Waals surface area contributed by atoms with Crippen molar-refractivity contribution in [1.82, 2.24) is 9.55 Å². The number of esters is 2. The second-order valence-corrected chi connectivity index (χ2v) is 8.12. The van der Waals surface area contributed by atoms with Crippen LogP contribution in [0.15, 0.2) is 54.7 Å². The van der Waals surface area contributed by atoms with Gasteiger partial charge in [-0.25, -0.2) is 9.78 Å². The van der Waals surface area contributed by atoms with Crippen molar-refractivity contribution in [3.63, 3.8) is 0 Å². The lowest BCUT2D eigenvalue weighted by Crippen LogP contribution is -2.18. The number of nitrogens with one attached hydrogen (secondary N) is 1. The summed E-state index contributed by atoms with van der Waals surface area (Å²) in [6.07, 6.45) is -3.96. The number of imidazole rings is 1. The molecular formula is C25H24F3N3O5. The third-order valence-electron chi connectivity index (χ3n) is 4.79. The zero-order chi connectivity index (χ0) is 26.5. The summed E-state index contributed by atoms with van der Waals surface area (Å²) < 4.78 is 51.3. The van der Waals surface area contributed by atoms with Crippen LogP contribution in [0.4, 0.5) is 19.1 Å². The fraction of sp³-hybridized carbons (Fsp3) is 0.280. The lowest BCUT2D eigenvalue weighted by atomic mass is 10.1. The number of carbonyl (C=O) groups is 3. The predicted octanol–water partition coefficient (Wildman–Crippen LogP) is 4.89. The van der Waals surface area contributed by atoms with Crippen LogP contribution >= 0.6 is 0 Å². The Bertz CT molecular complexity index is 1250. The number of nitrogens with zero attached hydrogens (tertiary/aromatic N) is 2. The standard InChI is InChI=1S/C25H24F3N3O5/c1-15(2)35-23(34)19-11-18(12-20(13-19)36-16(3)32)22(33)30-24-29-21(25(26,27)28)14-31(24)10-9-17-7-5-4-6-8-17/h4-8,11-15H,9-10H2,1-3H3,(H,29,30,33). The van der Waals surface area contributed by atoms with Crippen molar-refractivity contribution in [2.75, 3.05) is 5.32 Å². The maximum atomic E-state index is 13.3. The molecule has 0 saturated heterocycles. The van der Waals surface area contributed by atoms with Gasteiger partial charge in [-0.2, -0.15) is 13.2 Å². The molecule has 0 unspecified atom stereocenters. The molecule has 11 heteroatoms. The quantitative estimate of drug-likeness (QED) is 0.347. The molecular weight excluding hydrogens is 479 g/mol. The van der Waals surface area contributed by atoms with E-state index in [4.69, 9.17) is 9.47 Å². The molecule has 0 fully saturated rings. The summed E-state index contributed by atoms with van der Waals surface area (Å²) in [5.74, 6) is -2.75. The number of hydrogen-bond donors (Lipinski definition) is 1. The van der Waals surface area contributed by atoms with Gasteiger partial charge < -0.3 is 14.0 Å². The number of hydrogen-bond acceptors (Lipinski definition) is 6. The fourth-order valence-electron chi connectivity index (χ4n) is 3.25. The van der Waals surface area contributed by atoms with Crippen molar-refractivity contribution >= 4 is 23.8 Å². The Labute approximate surface area is 205 Å². The largest absolute Gasteiger partial charge is 0.459 e. The Balaban J connectivity index is 1.91. The number of aryl methyl sites for hydroxylation is 2. The number of alkyl halides is 3. The van der Waals surface area contributed by atoms with Gasteiger partial charge in [0, 0.05) is 25.2 Å². The van der Waals surface area contributed by atoms with Crippen LogP contribution in [-0.2, 0) is 28.7 Å². The normalized spacial score (nSPS) is 11.3. The van der Waals surface area contributed by atoms with E-state index in [-0.39, 0.29) is 29.4 Å². The highest BCUT2D eigenvalue weighted by Crippen LogP contribution is 2.30. The Morgan fingerprint density at radius 1 is 1.06 bits per heavy atom. The Hall–Kier alpha value is -4.15. The highest BCUT2D eigenvalue weighted by molar-refractivity contribution is 6.05. The van der Waals surface area contributed by atoms with Crippen molar-refractivity contribution in [2.24, 2.45) is 0 Å². The predicted molar refractivity (Wildman–Crippen MR) is 124 cm³/mol. The van der Waals surface area contributed by atoms with Gasteiger partial charge in [-0.15, -0.1) is 0 Å². The number of halogens is 3. The summed E-state index contributed by atoms with van der Waals surface area (Å²) in [4.78, 5) is 40.3. The van der Waals surface area contributed by atoms with Crippen LogP contribution in [0.25, 0.3) is 0 Å². The molecule has 0 radical (unpaired) electrons. The summed E-state index contributed by atoms with van der Waals surface area (Å²) in [6, 6.07) is 12.7. The molecule has 190 valence electrons. The molecule has 0 saturated carbocycles. The number of carbonyl (C=O) groups excluding carboxylic acids is 3. The molecule has 0 aliphatic heterocycles. The van der Waals surface area contributed by atoms with Crippen LogP contribution in [0.3, 0.4) is 0 Å². The summed E-state index contributed by atoms with van der Waals surface area (Å²) in [5.41, 5.74) is -0.494. The molecule has 3 rings (SSSR count). The molecule has 8 nitrogen and oxygen atoms in total. The number of anilines is 1. The lowest BCUT2D eigenvalue weighted by molar-refractivity contribution is -0.141. The van der Waals surface area contributed by atoms with Crippen molar-refractivity contribution in [3.05, 3.63) is 77.1 Å². The van der Waals surface area contributed by atoms with E-state index in [1.165, 1.54) is 22.8 Å². The average molecular weight is 503 g/mol. The van der Waals surface area contributed by atoms with E-state index >= 15 is 0 Å². The summed E-state index contributed by atoms with van der Waals surface area (Å²) >= 11 is 0. The van der Waals surface area contributed by atoms with E-state index in [0.717, 1.165) is 18.7 Å². The highest BCUT2D eigenvalue weighted by Gasteiger charge is 2.35. The molecule has 3 aromatic rings. The van der Waals surface area contributed by atoms with Crippen LogP contribution in [0.5, 0.6) is 5.75 Å². The number of rotatable bonds is 8. The topological polar surface area (TPSA) is 99.5 Å². The highest BCUT2D eigenvalue weighted by atomic mass is 19.4. The first-order chi connectivity index (χ1) is 16.9. The third-order valence-corrected chi connectivity index (χ3v) is 4.79. The SMILES string of the molecule is CC(=O)Oc1cc(C(=O)Nc2nc(C(F)(F)F)cn2CCc2ccccc2)cc(C(=O)OC(C)C)c1. The molecule has 0 spiro atoms. The van der Waals surface area contributed by atoms with E-state index in [1.54, 1.807) is 13.8 Å². The van der Waals surface area contributed by atoms with Crippen LogP contribution < -0.4 is 10.1 Å². The molecule has 0 aliphatic rings. The molecule has 0 aliphatic carbocycles. The molecule has 1 heterocycles. The Morgan fingerprint density at radius 2 is 1.72 bits per heavy atom. The monoisotopic (exact) mass is 503 g/mol. The minimum absolute atomic E-state index is 0.0731. The van der Waals surface area contributed by atoms with Crippen molar-refractivity contribution in [2.45, 2.75) is 46.0 Å². The third kappa shape index (κ3) is 7.17. The molecule has 1 amide bonds. The molecule has 2 aromatic carbocycles. The summed E-state index contributed by atoms with van der Waals surface area (Å²) in [6.45, 7) is 4.52. The molecule has 0 bridgehead atoms. The van der Waals surface area contributed by atoms with Gasteiger partial charge in [0.05, 0.1) is 11.7 Å². The van der Waals surface area contributed by atoms with E-state index in [2.05, 4.69) is 10.3 Å². The maximum absolute atomic E-state index is 13.3. The van der Waals surface area contributed by atoms with Crippen molar-refractivity contribution < 1.29 is 37.0 Å². The zero-order valence-corrected chi connectivity index (χ0v) is 19.8. The zero-order valence-electron chi connectivity index (χ0n) is 19.8. The first-order valence-corrected chi connectivity index (χ1v) is 11.0. The number of aromatic nitrogens is 2. The van der Waals surface area contributed by atoms with Gasteiger partial charge in [-0.3, -0.25) is 14.9 Å². The minimum Gasteiger partial charge on any atom is -0.459 e. The minimum atomic E-state index is -4.72. The van der Waals surface area contributed by atoms with Crippen molar-refractivity contribution in [3.8, 4) is 5.75 Å². The number of benzene rings is 2. The van der Waals surface area contributed by atoms with E-state index < -0.39 is 35.8 Å². The summed E-state index contributed by atoms with van der Waals surface area (Å²) in [5, 5.41) is 2.36. The van der Waals surface area contributed by atoms with Crippen LogP contribution in [-0.4, -0.2) is 33.5 Å². The Morgan fingerprint density at radius 3 is 2.33 bits per heavy atom. The van der Waals surface area contributed by atoms with Gasteiger partial charge >= 0.3 is 18.1 Å². The fourth-order valence-corrected chi connectivity index (χ4v) is 3.25. The van der Waals surface area contributed by atoms with Gasteiger partial charge in [0.1, 0.15) is 5.75 Å². The van der Waals surface area contributed by atoms with Crippen LogP contribution in [0.2, 0.25) is 0 Å². The second-order valence-electron chi connectivity index (χ2n) is 8.12.